The van der Waals surface area contributed by atoms with Crippen LogP contribution in [-0.2, 0) is 0 Å². The summed E-state index contributed by atoms with van der Waals surface area (Å²) in [5, 5.41) is 3.09. The third-order valence-electron chi connectivity index (χ3n) is 3.64. The van der Waals surface area contributed by atoms with Gasteiger partial charge < -0.3 is 5.32 Å². The van der Waals surface area contributed by atoms with E-state index in [4.69, 9.17) is 11.6 Å². The van der Waals surface area contributed by atoms with Gasteiger partial charge in [0.25, 0.3) is 5.91 Å². The standard InChI is InChI=1S/C20H15ClN2O/c1-2-14-9-11-15(12-10-14)16-6-3-4-8-18(16)23-20(24)17-7-5-13-22-19(17)21/h2-13H,1H2,(H,23,24). The van der Waals surface area contributed by atoms with Crippen molar-refractivity contribution in [3.8, 4) is 11.1 Å². The molecular formula is C20H15ClN2O. The molecule has 0 aliphatic carbocycles. The highest BCUT2D eigenvalue weighted by Crippen LogP contribution is 2.29. The first-order chi connectivity index (χ1) is 11.7. The van der Waals surface area contributed by atoms with Crippen molar-refractivity contribution < 1.29 is 4.79 Å². The van der Waals surface area contributed by atoms with Gasteiger partial charge in [0.2, 0.25) is 0 Å². The molecule has 3 rings (SSSR count). The normalized spacial score (nSPS) is 10.2. The molecule has 0 aliphatic heterocycles. The molecule has 0 radical (unpaired) electrons. The monoisotopic (exact) mass is 334 g/mol. The zero-order valence-electron chi connectivity index (χ0n) is 12.9. The number of halogens is 1. The number of nitrogens with one attached hydrogen (secondary N) is 1. The van der Waals surface area contributed by atoms with Crippen LogP contribution in [0.3, 0.4) is 0 Å². The molecule has 0 fully saturated rings. The van der Waals surface area contributed by atoms with Gasteiger partial charge in [-0.1, -0.05) is 66.7 Å². The molecule has 0 unspecified atom stereocenters. The average molecular weight is 335 g/mol. The molecule has 0 saturated carbocycles. The first-order valence-electron chi connectivity index (χ1n) is 7.43. The molecule has 0 spiro atoms. The Labute approximate surface area is 145 Å². The van der Waals surface area contributed by atoms with Crippen LogP contribution in [0.2, 0.25) is 5.15 Å². The lowest BCUT2D eigenvalue weighted by molar-refractivity contribution is 0.102. The van der Waals surface area contributed by atoms with Crippen molar-refractivity contribution in [1.82, 2.24) is 4.98 Å². The lowest BCUT2D eigenvalue weighted by Crippen LogP contribution is -2.13. The second-order valence-electron chi connectivity index (χ2n) is 5.17. The second-order valence-corrected chi connectivity index (χ2v) is 5.53. The van der Waals surface area contributed by atoms with Crippen molar-refractivity contribution >= 4 is 29.3 Å². The number of hydrogen-bond acceptors (Lipinski definition) is 2. The third kappa shape index (κ3) is 3.36. The number of anilines is 1. The van der Waals surface area contributed by atoms with Gasteiger partial charge in [0, 0.05) is 17.4 Å². The van der Waals surface area contributed by atoms with Crippen molar-refractivity contribution in [2.24, 2.45) is 0 Å². The van der Waals surface area contributed by atoms with Crippen molar-refractivity contribution in [2.75, 3.05) is 5.32 Å². The topological polar surface area (TPSA) is 42.0 Å². The minimum Gasteiger partial charge on any atom is -0.321 e. The first kappa shape index (κ1) is 16.0. The SMILES string of the molecule is C=Cc1ccc(-c2ccccc2NC(=O)c2cccnc2Cl)cc1. The largest absolute Gasteiger partial charge is 0.321 e. The van der Waals surface area contributed by atoms with E-state index in [2.05, 4.69) is 16.9 Å². The van der Waals surface area contributed by atoms with Crippen LogP contribution in [0.15, 0.2) is 73.4 Å². The Morgan fingerprint density at radius 1 is 1.04 bits per heavy atom. The summed E-state index contributed by atoms with van der Waals surface area (Å²) in [5.74, 6) is -0.289. The molecule has 0 aliphatic rings. The predicted molar refractivity (Wildman–Crippen MR) is 99.2 cm³/mol. The summed E-state index contributed by atoms with van der Waals surface area (Å²) in [6.07, 6.45) is 3.34. The van der Waals surface area contributed by atoms with E-state index >= 15 is 0 Å². The summed E-state index contributed by atoms with van der Waals surface area (Å²) in [6.45, 7) is 3.76. The van der Waals surface area contributed by atoms with Gasteiger partial charge in [-0.25, -0.2) is 4.98 Å². The molecule has 1 N–H and O–H groups in total. The Bertz CT molecular complexity index is 888. The van der Waals surface area contributed by atoms with Crippen LogP contribution in [0.1, 0.15) is 15.9 Å². The summed E-state index contributed by atoms with van der Waals surface area (Å²) in [7, 11) is 0. The second kappa shape index (κ2) is 7.11. The molecule has 4 heteroatoms. The summed E-state index contributed by atoms with van der Waals surface area (Å²) in [4.78, 5) is 16.4. The molecule has 24 heavy (non-hydrogen) atoms. The Morgan fingerprint density at radius 2 is 1.79 bits per heavy atom. The molecule has 1 heterocycles. The van der Waals surface area contributed by atoms with E-state index < -0.39 is 0 Å². The number of pyridine rings is 1. The zero-order valence-corrected chi connectivity index (χ0v) is 13.6. The van der Waals surface area contributed by atoms with Crippen LogP contribution in [0.25, 0.3) is 17.2 Å². The number of amides is 1. The van der Waals surface area contributed by atoms with Crippen molar-refractivity contribution in [3.05, 3.63) is 89.7 Å². The maximum atomic E-state index is 12.5. The molecule has 0 atom stereocenters. The Balaban J connectivity index is 1.93. The summed E-state index contributed by atoms with van der Waals surface area (Å²) >= 11 is 5.99. The van der Waals surface area contributed by atoms with Crippen LogP contribution in [-0.4, -0.2) is 10.9 Å². The summed E-state index contributed by atoms with van der Waals surface area (Å²) < 4.78 is 0. The third-order valence-corrected chi connectivity index (χ3v) is 3.94. The fourth-order valence-electron chi connectivity index (χ4n) is 2.39. The Hall–Kier alpha value is -2.91. The summed E-state index contributed by atoms with van der Waals surface area (Å²) in [5.41, 5.74) is 4.04. The van der Waals surface area contributed by atoms with E-state index in [9.17, 15) is 4.79 Å². The predicted octanol–water partition coefficient (Wildman–Crippen LogP) is 5.30. The van der Waals surface area contributed by atoms with Gasteiger partial charge in [-0.2, -0.15) is 0 Å². The fourth-order valence-corrected chi connectivity index (χ4v) is 2.59. The number of nitrogens with zero attached hydrogens (tertiary/aromatic N) is 1. The van der Waals surface area contributed by atoms with Crippen LogP contribution < -0.4 is 5.32 Å². The van der Waals surface area contributed by atoms with E-state index in [1.807, 2.05) is 48.5 Å². The van der Waals surface area contributed by atoms with E-state index in [1.54, 1.807) is 24.4 Å². The molecule has 0 bridgehead atoms. The minimum absolute atomic E-state index is 0.183. The molecule has 3 nitrogen and oxygen atoms in total. The molecular weight excluding hydrogens is 320 g/mol. The van der Waals surface area contributed by atoms with Crippen molar-refractivity contribution in [1.29, 1.82) is 0 Å². The van der Waals surface area contributed by atoms with Crippen LogP contribution in [0.4, 0.5) is 5.69 Å². The Kier molecular flexibility index (Phi) is 4.73. The van der Waals surface area contributed by atoms with Crippen molar-refractivity contribution in [2.45, 2.75) is 0 Å². The molecule has 0 saturated heterocycles. The highest BCUT2D eigenvalue weighted by Gasteiger charge is 2.13. The lowest BCUT2D eigenvalue weighted by Gasteiger charge is -2.12. The van der Waals surface area contributed by atoms with Gasteiger partial charge in [-0.05, 0) is 29.3 Å². The van der Waals surface area contributed by atoms with Gasteiger partial charge >= 0.3 is 0 Å². The van der Waals surface area contributed by atoms with Crippen LogP contribution in [0, 0.1) is 0 Å². The van der Waals surface area contributed by atoms with Gasteiger partial charge in [0.05, 0.1) is 5.56 Å². The highest BCUT2D eigenvalue weighted by atomic mass is 35.5. The number of benzene rings is 2. The highest BCUT2D eigenvalue weighted by molar-refractivity contribution is 6.33. The zero-order chi connectivity index (χ0) is 16.9. The molecule has 3 aromatic rings. The number of hydrogen-bond donors (Lipinski definition) is 1. The molecule has 2 aromatic carbocycles. The quantitative estimate of drug-likeness (QED) is 0.658. The van der Waals surface area contributed by atoms with E-state index in [1.165, 1.54) is 0 Å². The summed E-state index contributed by atoms with van der Waals surface area (Å²) in [6, 6.07) is 18.9. The number of para-hydroxylation sites is 1. The number of carbonyl (C=O) groups is 1. The Morgan fingerprint density at radius 3 is 2.50 bits per heavy atom. The number of aromatic nitrogens is 1. The number of carbonyl (C=O) groups excluding carboxylic acids is 1. The lowest BCUT2D eigenvalue weighted by atomic mass is 10.0. The maximum Gasteiger partial charge on any atom is 0.258 e. The first-order valence-corrected chi connectivity index (χ1v) is 7.80. The van der Waals surface area contributed by atoms with Crippen molar-refractivity contribution in [3.63, 3.8) is 0 Å². The number of rotatable bonds is 4. The van der Waals surface area contributed by atoms with Gasteiger partial charge in [-0.3, -0.25) is 4.79 Å². The van der Waals surface area contributed by atoms with E-state index in [0.29, 0.717) is 11.3 Å². The van der Waals surface area contributed by atoms with E-state index in [-0.39, 0.29) is 11.1 Å². The molecule has 118 valence electrons. The van der Waals surface area contributed by atoms with Gasteiger partial charge in [0.15, 0.2) is 0 Å². The molecule has 1 aromatic heterocycles. The van der Waals surface area contributed by atoms with Gasteiger partial charge in [-0.15, -0.1) is 0 Å². The smallest absolute Gasteiger partial charge is 0.258 e. The van der Waals surface area contributed by atoms with E-state index in [0.717, 1.165) is 16.7 Å². The average Bonchev–Trinajstić information content (AvgIpc) is 2.62. The minimum atomic E-state index is -0.289. The van der Waals surface area contributed by atoms with Crippen LogP contribution >= 0.6 is 11.6 Å². The van der Waals surface area contributed by atoms with Crippen LogP contribution in [0.5, 0.6) is 0 Å². The fraction of sp³-hybridized carbons (Fsp3) is 0. The molecule has 1 amide bonds. The maximum absolute atomic E-state index is 12.5. The van der Waals surface area contributed by atoms with Gasteiger partial charge in [0.1, 0.15) is 5.15 Å².